The van der Waals surface area contributed by atoms with E-state index in [0.717, 1.165) is 10.8 Å². The molecule has 0 aliphatic rings. The van der Waals surface area contributed by atoms with Crippen LogP contribution in [0.15, 0.2) is 48.1 Å². The first-order chi connectivity index (χ1) is 8.18. The van der Waals surface area contributed by atoms with Gasteiger partial charge in [0.2, 0.25) is 0 Å². The molecule has 2 aromatic rings. The molecule has 1 amide bonds. The first kappa shape index (κ1) is 11.6. The van der Waals surface area contributed by atoms with Crippen molar-refractivity contribution in [2.45, 2.75) is 0 Å². The zero-order chi connectivity index (χ0) is 12.3. The summed E-state index contributed by atoms with van der Waals surface area (Å²) in [4.78, 5) is 16.0. The maximum absolute atomic E-state index is 11.9. The second kappa shape index (κ2) is 4.97. The summed E-state index contributed by atoms with van der Waals surface area (Å²) in [5.74, 6) is -0.247. The van der Waals surface area contributed by atoms with Crippen LogP contribution in [-0.2, 0) is 0 Å². The predicted molar refractivity (Wildman–Crippen MR) is 69.1 cm³/mol. The molecule has 0 aliphatic carbocycles. The number of amides is 1. The summed E-state index contributed by atoms with van der Waals surface area (Å²) in [5.41, 5.74) is 0.404. The van der Waals surface area contributed by atoms with Gasteiger partial charge in [0.25, 0.3) is 5.91 Å². The van der Waals surface area contributed by atoms with Gasteiger partial charge in [0, 0.05) is 16.6 Å². The van der Waals surface area contributed by atoms with Crippen LogP contribution in [0.4, 0.5) is 0 Å². The normalized spacial score (nSPS) is 10.2. The van der Waals surface area contributed by atoms with Crippen LogP contribution in [0, 0.1) is 0 Å². The third kappa shape index (κ3) is 2.63. The van der Waals surface area contributed by atoms with Crippen LogP contribution in [0.3, 0.4) is 0 Å². The molecule has 2 rings (SSSR count). The molecule has 0 saturated carbocycles. The van der Waals surface area contributed by atoms with Crippen LogP contribution in [0.5, 0.6) is 0 Å². The summed E-state index contributed by atoms with van der Waals surface area (Å²) in [6.45, 7) is 3.75. The van der Waals surface area contributed by atoms with E-state index in [2.05, 4.69) is 16.9 Å². The van der Waals surface area contributed by atoms with Gasteiger partial charge in [-0.25, -0.2) is 0 Å². The first-order valence-electron chi connectivity index (χ1n) is 5.13. The Hall–Kier alpha value is -1.87. The van der Waals surface area contributed by atoms with Crippen molar-refractivity contribution >= 4 is 28.3 Å². The lowest BCUT2D eigenvalue weighted by Crippen LogP contribution is -2.25. The zero-order valence-electron chi connectivity index (χ0n) is 9.11. The number of fused-ring (bicyclic) bond motifs is 1. The Labute approximate surface area is 104 Å². The van der Waals surface area contributed by atoms with E-state index in [4.69, 9.17) is 11.6 Å². The number of rotatable bonds is 3. The van der Waals surface area contributed by atoms with Gasteiger partial charge in [-0.2, -0.15) is 0 Å². The van der Waals surface area contributed by atoms with Crippen LogP contribution in [0.25, 0.3) is 10.8 Å². The second-order valence-electron chi connectivity index (χ2n) is 3.58. The Morgan fingerprint density at radius 1 is 1.35 bits per heavy atom. The van der Waals surface area contributed by atoms with Gasteiger partial charge in [-0.3, -0.25) is 9.78 Å². The SMILES string of the molecule is C=C(Cl)CNC(=O)c1nccc2ccccc12. The average Bonchev–Trinajstić information content (AvgIpc) is 2.35. The molecule has 1 aromatic heterocycles. The van der Waals surface area contributed by atoms with Crippen LogP contribution in [0.1, 0.15) is 10.5 Å². The molecule has 1 heterocycles. The highest BCUT2D eigenvalue weighted by Crippen LogP contribution is 2.16. The van der Waals surface area contributed by atoms with Crippen molar-refractivity contribution in [3.05, 3.63) is 53.8 Å². The third-order valence-corrected chi connectivity index (χ3v) is 2.46. The molecule has 0 fully saturated rings. The molecule has 0 unspecified atom stereocenters. The highest BCUT2D eigenvalue weighted by Gasteiger charge is 2.10. The Bertz CT molecular complexity index is 575. The van der Waals surface area contributed by atoms with E-state index in [9.17, 15) is 4.79 Å². The Morgan fingerprint density at radius 2 is 2.12 bits per heavy atom. The molecule has 1 N–H and O–H groups in total. The van der Waals surface area contributed by atoms with Crippen molar-refractivity contribution < 1.29 is 4.79 Å². The largest absolute Gasteiger partial charge is 0.346 e. The van der Waals surface area contributed by atoms with Gasteiger partial charge in [-0.15, -0.1) is 0 Å². The number of carbonyl (C=O) groups is 1. The summed E-state index contributed by atoms with van der Waals surface area (Å²) >= 11 is 5.60. The molecule has 0 radical (unpaired) electrons. The zero-order valence-corrected chi connectivity index (χ0v) is 9.87. The van der Waals surface area contributed by atoms with Crippen molar-refractivity contribution in [1.29, 1.82) is 0 Å². The number of nitrogens with one attached hydrogen (secondary N) is 1. The lowest BCUT2D eigenvalue weighted by molar-refractivity contribution is 0.0954. The number of hydrogen-bond donors (Lipinski definition) is 1. The van der Waals surface area contributed by atoms with E-state index < -0.39 is 0 Å². The number of benzene rings is 1. The molecular formula is C13H11ClN2O. The summed E-state index contributed by atoms with van der Waals surface area (Å²) in [6.07, 6.45) is 1.62. The second-order valence-corrected chi connectivity index (χ2v) is 4.12. The number of halogens is 1. The van der Waals surface area contributed by atoms with Crippen molar-refractivity contribution in [3.63, 3.8) is 0 Å². The van der Waals surface area contributed by atoms with Crippen molar-refractivity contribution in [3.8, 4) is 0 Å². The topological polar surface area (TPSA) is 42.0 Å². The third-order valence-electron chi connectivity index (χ3n) is 2.33. The lowest BCUT2D eigenvalue weighted by Gasteiger charge is -2.06. The predicted octanol–water partition coefficient (Wildman–Crippen LogP) is 2.72. The lowest BCUT2D eigenvalue weighted by atomic mass is 10.1. The van der Waals surface area contributed by atoms with E-state index in [-0.39, 0.29) is 12.5 Å². The fraction of sp³-hybridized carbons (Fsp3) is 0.0769. The number of nitrogens with zero attached hydrogens (tertiary/aromatic N) is 1. The highest BCUT2D eigenvalue weighted by molar-refractivity contribution is 6.29. The van der Waals surface area contributed by atoms with E-state index in [1.54, 1.807) is 6.20 Å². The molecule has 0 bridgehead atoms. The van der Waals surface area contributed by atoms with Gasteiger partial charge in [-0.05, 0) is 11.5 Å². The Morgan fingerprint density at radius 3 is 2.88 bits per heavy atom. The molecule has 4 heteroatoms. The Balaban J connectivity index is 2.35. The quantitative estimate of drug-likeness (QED) is 0.905. The summed E-state index contributed by atoms with van der Waals surface area (Å²) in [5, 5.41) is 4.86. The standard InChI is InChI=1S/C13H11ClN2O/c1-9(14)8-16-13(17)12-11-5-3-2-4-10(11)6-7-15-12/h2-7H,1,8H2,(H,16,17). The maximum Gasteiger partial charge on any atom is 0.270 e. The van der Waals surface area contributed by atoms with Gasteiger partial charge >= 0.3 is 0 Å². The van der Waals surface area contributed by atoms with Gasteiger partial charge in [0.1, 0.15) is 5.69 Å². The van der Waals surface area contributed by atoms with Crippen LogP contribution >= 0.6 is 11.6 Å². The van der Waals surface area contributed by atoms with Gasteiger partial charge in [-0.1, -0.05) is 42.4 Å². The molecule has 0 saturated heterocycles. The minimum atomic E-state index is -0.247. The first-order valence-corrected chi connectivity index (χ1v) is 5.51. The summed E-state index contributed by atoms with van der Waals surface area (Å²) < 4.78 is 0. The molecule has 3 nitrogen and oxygen atoms in total. The van der Waals surface area contributed by atoms with E-state index in [0.29, 0.717) is 10.7 Å². The van der Waals surface area contributed by atoms with E-state index in [1.807, 2.05) is 30.3 Å². The van der Waals surface area contributed by atoms with Crippen LogP contribution < -0.4 is 5.32 Å². The van der Waals surface area contributed by atoms with Crippen molar-refractivity contribution in [1.82, 2.24) is 10.3 Å². The van der Waals surface area contributed by atoms with Gasteiger partial charge in [0.05, 0.1) is 6.54 Å². The number of aromatic nitrogens is 1. The number of carbonyl (C=O) groups excluding carboxylic acids is 1. The van der Waals surface area contributed by atoms with E-state index >= 15 is 0 Å². The molecule has 0 aliphatic heterocycles. The molecule has 0 atom stereocenters. The Kier molecular flexibility index (Phi) is 3.40. The monoisotopic (exact) mass is 246 g/mol. The fourth-order valence-corrected chi connectivity index (χ4v) is 1.63. The van der Waals surface area contributed by atoms with Crippen molar-refractivity contribution in [2.75, 3.05) is 6.54 Å². The smallest absolute Gasteiger partial charge is 0.270 e. The van der Waals surface area contributed by atoms with Gasteiger partial charge in [0.15, 0.2) is 0 Å². The van der Waals surface area contributed by atoms with Gasteiger partial charge < -0.3 is 5.32 Å². The fourth-order valence-electron chi connectivity index (χ4n) is 1.56. The van der Waals surface area contributed by atoms with Crippen LogP contribution in [0.2, 0.25) is 0 Å². The van der Waals surface area contributed by atoms with Crippen LogP contribution in [-0.4, -0.2) is 17.4 Å². The molecule has 86 valence electrons. The highest BCUT2D eigenvalue weighted by atomic mass is 35.5. The molecular weight excluding hydrogens is 236 g/mol. The minimum Gasteiger partial charge on any atom is -0.346 e. The number of pyridine rings is 1. The average molecular weight is 247 g/mol. The molecule has 1 aromatic carbocycles. The van der Waals surface area contributed by atoms with E-state index in [1.165, 1.54) is 0 Å². The summed E-state index contributed by atoms with van der Waals surface area (Å²) in [6, 6.07) is 9.47. The number of hydrogen-bond acceptors (Lipinski definition) is 2. The van der Waals surface area contributed by atoms with Crippen molar-refractivity contribution in [2.24, 2.45) is 0 Å². The minimum absolute atomic E-state index is 0.241. The molecule has 0 spiro atoms. The summed E-state index contributed by atoms with van der Waals surface area (Å²) in [7, 11) is 0. The molecule has 17 heavy (non-hydrogen) atoms. The maximum atomic E-state index is 11.9.